The van der Waals surface area contributed by atoms with Gasteiger partial charge in [-0.05, 0) is 35.4 Å². The number of rotatable bonds is 6. The van der Waals surface area contributed by atoms with Crippen molar-refractivity contribution in [3.05, 3.63) is 87.9 Å². The standard InChI is InChI=1S/C22H18Cl2N2O4/c1-2-10-30-22(29)19-14(18-15(23)4-3-5-16(18)24)11-17(26-21(19)28)12-6-8-13(9-7-12)20(25)27/h2-9,11,14,19H,1,10H2,(H2,25,27)(H,26,28). The molecule has 2 amide bonds. The van der Waals surface area contributed by atoms with Gasteiger partial charge in [0.2, 0.25) is 11.8 Å². The second-order valence-corrected chi connectivity index (χ2v) is 7.38. The Bertz CT molecular complexity index is 1030. The summed E-state index contributed by atoms with van der Waals surface area (Å²) in [5.41, 5.74) is 7.13. The normalized spacial score (nSPS) is 18.2. The summed E-state index contributed by atoms with van der Waals surface area (Å²) < 4.78 is 5.13. The fourth-order valence-electron chi connectivity index (χ4n) is 3.24. The van der Waals surface area contributed by atoms with Crippen LogP contribution in [-0.4, -0.2) is 24.4 Å². The first kappa shape index (κ1) is 21.6. The first-order chi connectivity index (χ1) is 14.3. The Kier molecular flexibility index (Phi) is 6.59. The molecule has 0 aliphatic carbocycles. The zero-order valence-electron chi connectivity index (χ0n) is 15.7. The lowest BCUT2D eigenvalue weighted by atomic mass is 9.81. The van der Waals surface area contributed by atoms with Crippen LogP contribution in [0.5, 0.6) is 0 Å². The van der Waals surface area contributed by atoms with Crippen molar-refractivity contribution in [2.45, 2.75) is 5.92 Å². The molecular formula is C22H18Cl2N2O4. The summed E-state index contributed by atoms with van der Waals surface area (Å²) >= 11 is 12.7. The minimum atomic E-state index is -1.18. The lowest BCUT2D eigenvalue weighted by Crippen LogP contribution is -2.42. The van der Waals surface area contributed by atoms with Crippen molar-refractivity contribution in [2.24, 2.45) is 11.7 Å². The predicted octanol–water partition coefficient (Wildman–Crippen LogP) is 3.69. The van der Waals surface area contributed by atoms with Crippen LogP contribution in [-0.2, 0) is 14.3 Å². The quantitative estimate of drug-likeness (QED) is 0.403. The van der Waals surface area contributed by atoms with Gasteiger partial charge >= 0.3 is 5.97 Å². The van der Waals surface area contributed by atoms with Gasteiger partial charge in [-0.25, -0.2) is 0 Å². The van der Waals surface area contributed by atoms with Crippen LogP contribution in [0, 0.1) is 5.92 Å². The van der Waals surface area contributed by atoms with E-state index in [2.05, 4.69) is 11.9 Å². The van der Waals surface area contributed by atoms with Gasteiger partial charge in [0.05, 0.1) is 0 Å². The maximum absolute atomic E-state index is 12.9. The third-order valence-electron chi connectivity index (χ3n) is 4.66. The summed E-state index contributed by atoms with van der Waals surface area (Å²) in [4.78, 5) is 36.9. The molecule has 1 aliphatic rings. The molecule has 8 heteroatoms. The van der Waals surface area contributed by atoms with Crippen molar-refractivity contribution in [3.63, 3.8) is 0 Å². The molecule has 2 atom stereocenters. The predicted molar refractivity (Wildman–Crippen MR) is 115 cm³/mol. The van der Waals surface area contributed by atoms with E-state index < -0.39 is 29.6 Å². The number of hydrogen-bond donors (Lipinski definition) is 2. The highest BCUT2D eigenvalue weighted by molar-refractivity contribution is 6.36. The summed E-state index contributed by atoms with van der Waals surface area (Å²) in [5, 5.41) is 3.37. The van der Waals surface area contributed by atoms with Gasteiger partial charge in [-0.15, -0.1) is 0 Å². The molecule has 0 fully saturated rings. The van der Waals surface area contributed by atoms with Gasteiger partial charge in [0.1, 0.15) is 12.5 Å². The molecule has 2 aromatic carbocycles. The van der Waals surface area contributed by atoms with Crippen LogP contribution in [0.3, 0.4) is 0 Å². The van der Waals surface area contributed by atoms with E-state index in [1.807, 2.05) is 0 Å². The molecule has 30 heavy (non-hydrogen) atoms. The monoisotopic (exact) mass is 444 g/mol. The van der Waals surface area contributed by atoms with Crippen LogP contribution >= 0.6 is 23.2 Å². The second-order valence-electron chi connectivity index (χ2n) is 6.57. The number of ether oxygens (including phenoxy) is 1. The molecule has 154 valence electrons. The lowest BCUT2D eigenvalue weighted by Gasteiger charge is -2.30. The Labute approximate surface area is 183 Å². The number of amides is 2. The maximum atomic E-state index is 12.9. The second kappa shape index (κ2) is 9.15. The number of hydrogen-bond acceptors (Lipinski definition) is 4. The SMILES string of the molecule is C=CCOC(=O)C1C(=O)NC(c2ccc(C(N)=O)cc2)=CC1c1c(Cl)cccc1Cl. The van der Waals surface area contributed by atoms with E-state index in [1.165, 1.54) is 6.08 Å². The number of nitrogens with one attached hydrogen (secondary N) is 1. The van der Waals surface area contributed by atoms with E-state index in [0.29, 0.717) is 32.4 Å². The van der Waals surface area contributed by atoms with Crippen molar-refractivity contribution in [1.82, 2.24) is 5.32 Å². The van der Waals surface area contributed by atoms with Gasteiger partial charge in [0.25, 0.3) is 0 Å². The minimum absolute atomic E-state index is 0.0310. The van der Waals surface area contributed by atoms with Crippen LogP contribution in [0.25, 0.3) is 5.70 Å². The Morgan fingerprint density at radius 1 is 1.13 bits per heavy atom. The van der Waals surface area contributed by atoms with Crippen LogP contribution in [0.4, 0.5) is 0 Å². The van der Waals surface area contributed by atoms with E-state index in [0.717, 1.165) is 0 Å². The van der Waals surface area contributed by atoms with Crippen molar-refractivity contribution in [1.29, 1.82) is 0 Å². The number of allylic oxidation sites excluding steroid dienone is 1. The number of carbonyl (C=O) groups is 3. The molecule has 2 unspecified atom stereocenters. The van der Waals surface area contributed by atoms with Gasteiger partial charge in [-0.2, -0.15) is 0 Å². The van der Waals surface area contributed by atoms with Crippen molar-refractivity contribution in [3.8, 4) is 0 Å². The number of benzene rings is 2. The fraction of sp³-hybridized carbons (Fsp3) is 0.136. The minimum Gasteiger partial charge on any atom is -0.461 e. The largest absolute Gasteiger partial charge is 0.461 e. The Balaban J connectivity index is 2.09. The average molecular weight is 445 g/mol. The number of carbonyl (C=O) groups excluding carboxylic acids is 3. The van der Waals surface area contributed by atoms with Crippen molar-refractivity contribution >= 4 is 46.7 Å². The molecule has 3 rings (SSSR count). The number of nitrogens with two attached hydrogens (primary N) is 1. The molecule has 2 aromatic rings. The molecular weight excluding hydrogens is 427 g/mol. The first-order valence-corrected chi connectivity index (χ1v) is 9.73. The van der Waals surface area contributed by atoms with E-state index >= 15 is 0 Å². The van der Waals surface area contributed by atoms with E-state index in [1.54, 1.807) is 48.5 Å². The van der Waals surface area contributed by atoms with Crippen LogP contribution in [0.1, 0.15) is 27.4 Å². The molecule has 0 spiro atoms. The molecule has 0 saturated carbocycles. The van der Waals surface area contributed by atoms with Crippen LogP contribution in [0.2, 0.25) is 10.0 Å². The molecule has 1 aliphatic heterocycles. The number of primary amides is 1. The van der Waals surface area contributed by atoms with E-state index in [4.69, 9.17) is 33.7 Å². The molecule has 0 bridgehead atoms. The van der Waals surface area contributed by atoms with Crippen molar-refractivity contribution < 1.29 is 19.1 Å². The summed E-state index contributed by atoms with van der Waals surface area (Å²) in [6, 6.07) is 11.3. The molecule has 1 heterocycles. The summed E-state index contributed by atoms with van der Waals surface area (Å²) in [6.45, 7) is 3.48. The smallest absolute Gasteiger partial charge is 0.319 e. The third-order valence-corrected chi connectivity index (χ3v) is 5.32. The molecule has 0 aromatic heterocycles. The summed E-state index contributed by atoms with van der Waals surface area (Å²) in [7, 11) is 0. The van der Waals surface area contributed by atoms with Crippen LogP contribution in [0.15, 0.2) is 61.2 Å². The molecule has 3 N–H and O–H groups in total. The molecule has 6 nitrogen and oxygen atoms in total. The zero-order valence-corrected chi connectivity index (χ0v) is 17.2. The van der Waals surface area contributed by atoms with E-state index in [9.17, 15) is 14.4 Å². The van der Waals surface area contributed by atoms with Gasteiger partial charge in [-0.3, -0.25) is 14.4 Å². The average Bonchev–Trinajstić information content (AvgIpc) is 2.71. The van der Waals surface area contributed by atoms with Gasteiger partial charge in [0, 0.05) is 27.2 Å². The van der Waals surface area contributed by atoms with Gasteiger partial charge in [-0.1, -0.05) is 60.1 Å². The van der Waals surface area contributed by atoms with Crippen LogP contribution < -0.4 is 11.1 Å². The fourth-order valence-corrected chi connectivity index (χ4v) is 3.89. The highest BCUT2D eigenvalue weighted by Gasteiger charge is 2.41. The molecule has 0 radical (unpaired) electrons. The highest BCUT2D eigenvalue weighted by Crippen LogP contribution is 2.41. The van der Waals surface area contributed by atoms with E-state index in [-0.39, 0.29) is 6.61 Å². The third kappa shape index (κ3) is 4.40. The summed E-state index contributed by atoms with van der Waals surface area (Å²) in [6.07, 6.45) is 3.12. The topological polar surface area (TPSA) is 98.5 Å². The number of halogens is 2. The first-order valence-electron chi connectivity index (χ1n) is 8.98. The van der Waals surface area contributed by atoms with Crippen molar-refractivity contribution in [2.75, 3.05) is 6.61 Å². The highest BCUT2D eigenvalue weighted by atomic mass is 35.5. The lowest BCUT2D eigenvalue weighted by molar-refractivity contribution is -0.152. The maximum Gasteiger partial charge on any atom is 0.319 e. The van der Waals surface area contributed by atoms with Gasteiger partial charge in [0.15, 0.2) is 0 Å². The number of esters is 1. The Morgan fingerprint density at radius 2 is 1.77 bits per heavy atom. The Hall–Kier alpha value is -3.09. The van der Waals surface area contributed by atoms with Gasteiger partial charge < -0.3 is 15.8 Å². The summed E-state index contributed by atoms with van der Waals surface area (Å²) in [5.74, 6) is -3.78. The zero-order chi connectivity index (χ0) is 21.8. The molecule has 0 saturated heterocycles. The Morgan fingerprint density at radius 3 is 2.33 bits per heavy atom.